The molecule has 1 aromatic carbocycles. The van der Waals surface area contributed by atoms with Crippen molar-refractivity contribution >= 4 is 23.5 Å². The average molecular weight is 607 g/mol. The van der Waals surface area contributed by atoms with E-state index >= 15 is 0 Å². The Morgan fingerprint density at radius 3 is 2.67 bits per heavy atom. The lowest BCUT2D eigenvalue weighted by Crippen LogP contribution is -2.59. The van der Waals surface area contributed by atoms with Crippen LogP contribution in [0.15, 0.2) is 40.9 Å². The van der Waals surface area contributed by atoms with Crippen LogP contribution in [0.5, 0.6) is 0 Å². The summed E-state index contributed by atoms with van der Waals surface area (Å²) in [4.78, 5) is 44.0. The highest BCUT2D eigenvalue weighted by atomic mass is 19.4. The number of carbonyl (C=O) groups is 3. The second kappa shape index (κ2) is 10.1. The van der Waals surface area contributed by atoms with Gasteiger partial charge in [0.15, 0.2) is 17.4 Å². The Balaban J connectivity index is 1.28. The number of fused-ring (bicyclic) bond motifs is 3. The number of pyridine rings is 1. The molecule has 3 amide bonds. The van der Waals surface area contributed by atoms with Gasteiger partial charge in [-0.25, -0.2) is 18.2 Å². The van der Waals surface area contributed by atoms with E-state index in [2.05, 4.69) is 15.6 Å². The van der Waals surface area contributed by atoms with Crippen molar-refractivity contribution in [3.63, 3.8) is 0 Å². The van der Waals surface area contributed by atoms with E-state index < -0.39 is 77.4 Å². The van der Waals surface area contributed by atoms with E-state index in [9.17, 15) is 40.7 Å². The van der Waals surface area contributed by atoms with E-state index in [1.165, 1.54) is 13.0 Å². The van der Waals surface area contributed by atoms with Gasteiger partial charge in [-0.2, -0.15) is 13.2 Å². The van der Waals surface area contributed by atoms with Crippen LogP contribution < -0.4 is 10.6 Å². The summed E-state index contributed by atoms with van der Waals surface area (Å²) in [5.41, 5.74) is -0.455. The molecule has 1 spiro atoms. The number of hydrogen-bond donors (Lipinski definition) is 2. The fourth-order valence-electron chi connectivity index (χ4n) is 6.52. The number of furan rings is 1. The molecule has 4 atom stereocenters. The van der Waals surface area contributed by atoms with E-state index in [4.69, 9.17) is 4.42 Å². The molecule has 8 nitrogen and oxygen atoms in total. The summed E-state index contributed by atoms with van der Waals surface area (Å²) < 4.78 is 89.5. The van der Waals surface area contributed by atoms with Crippen LogP contribution in [-0.4, -0.2) is 52.4 Å². The monoisotopic (exact) mass is 606 g/mol. The molecule has 2 aliphatic heterocycles. The van der Waals surface area contributed by atoms with Gasteiger partial charge in [0.05, 0.1) is 5.41 Å². The van der Waals surface area contributed by atoms with E-state index in [0.717, 1.165) is 0 Å². The number of anilines is 1. The van der Waals surface area contributed by atoms with Crippen molar-refractivity contribution in [3.8, 4) is 0 Å². The van der Waals surface area contributed by atoms with Gasteiger partial charge in [0.2, 0.25) is 11.8 Å². The van der Waals surface area contributed by atoms with Crippen molar-refractivity contribution in [1.29, 1.82) is 0 Å². The van der Waals surface area contributed by atoms with Crippen LogP contribution in [0.3, 0.4) is 0 Å². The molecule has 1 aliphatic carbocycles. The zero-order valence-corrected chi connectivity index (χ0v) is 22.5. The number of hydrogen-bond acceptors (Lipinski definition) is 5. The Morgan fingerprint density at radius 2 is 1.93 bits per heavy atom. The number of rotatable bonds is 4. The molecule has 226 valence electrons. The molecular weight excluding hydrogens is 582 g/mol. The third-order valence-corrected chi connectivity index (χ3v) is 8.63. The number of likely N-dealkylation sites (tertiary alicyclic amines) is 1. The SMILES string of the molecule is C[C@@H]1[C@H](c2c(F)ccc(F)c2F)C[C@H](NC(=O)c2cc3c(o2)CC[C@@]2(C3)C(=O)Nc3ncccc32)C(=O)N1CC(F)(F)F. The predicted octanol–water partition coefficient (Wildman–Crippen LogP) is 4.54. The molecule has 0 unspecified atom stereocenters. The first-order valence-electron chi connectivity index (χ1n) is 13.5. The molecule has 3 aliphatic rings. The minimum Gasteiger partial charge on any atom is -0.456 e. The number of nitrogens with one attached hydrogen (secondary N) is 2. The molecule has 2 aromatic heterocycles. The molecule has 14 heteroatoms. The number of nitrogens with zero attached hydrogens (tertiary/aromatic N) is 2. The van der Waals surface area contributed by atoms with Gasteiger partial charge in [-0.15, -0.1) is 0 Å². The molecule has 4 heterocycles. The molecular formula is C29H24F6N4O4. The topological polar surface area (TPSA) is 105 Å². The van der Waals surface area contributed by atoms with Crippen LogP contribution in [0.25, 0.3) is 0 Å². The number of piperidine rings is 1. The lowest BCUT2D eigenvalue weighted by molar-refractivity contribution is -0.170. The van der Waals surface area contributed by atoms with Crippen LogP contribution in [0, 0.1) is 17.5 Å². The molecule has 0 radical (unpaired) electrons. The number of halogens is 6. The van der Waals surface area contributed by atoms with Crippen molar-refractivity contribution in [1.82, 2.24) is 15.2 Å². The molecule has 43 heavy (non-hydrogen) atoms. The van der Waals surface area contributed by atoms with E-state index in [0.29, 0.717) is 52.6 Å². The van der Waals surface area contributed by atoms with Crippen LogP contribution in [0.4, 0.5) is 32.2 Å². The molecule has 1 fully saturated rings. The maximum atomic E-state index is 14.7. The van der Waals surface area contributed by atoms with Crippen LogP contribution in [0.2, 0.25) is 0 Å². The zero-order chi connectivity index (χ0) is 30.8. The summed E-state index contributed by atoms with van der Waals surface area (Å²) in [5, 5.41) is 5.12. The Morgan fingerprint density at radius 1 is 1.19 bits per heavy atom. The van der Waals surface area contributed by atoms with Crippen LogP contribution >= 0.6 is 0 Å². The van der Waals surface area contributed by atoms with Crippen LogP contribution in [-0.2, 0) is 27.8 Å². The first kappa shape index (κ1) is 28.7. The highest BCUT2D eigenvalue weighted by Crippen LogP contribution is 2.46. The second-order valence-electron chi connectivity index (χ2n) is 11.1. The lowest BCUT2D eigenvalue weighted by Gasteiger charge is -2.43. The third-order valence-electron chi connectivity index (χ3n) is 8.63. The summed E-state index contributed by atoms with van der Waals surface area (Å²) in [5.74, 6) is -7.26. The maximum Gasteiger partial charge on any atom is 0.406 e. The predicted molar refractivity (Wildman–Crippen MR) is 137 cm³/mol. The van der Waals surface area contributed by atoms with Crippen molar-refractivity contribution in [2.45, 2.75) is 62.2 Å². The number of amides is 3. The quantitative estimate of drug-likeness (QED) is 0.336. The largest absolute Gasteiger partial charge is 0.456 e. The maximum absolute atomic E-state index is 14.7. The Labute approximate surface area is 240 Å². The first-order valence-corrected chi connectivity index (χ1v) is 13.5. The molecule has 1 saturated heterocycles. The minimum atomic E-state index is -4.86. The van der Waals surface area contributed by atoms with E-state index in [1.54, 1.807) is 18.3 Å². The van der Waals surface area contributed by atoms with Crippen molar-refractivity contribution in [3.05, 3.63) is 82.2 Å². The van der Waals surface area contributed by atoms with Gasteiger partial charge in [0.1, 0.15) is 30.0 Å². The molecule has 6 rings (SSSR count). The van der Waals surface area contributed by atoms with Crippen molar-refractivity contribution < 1.29 is 45.1 Å². The third kappa shape index (κ3) is 4.82. The second-order valence-corrected chi connectivity index (χ2v) is 11.1. The molecule has 0 bridgehead atoms. The Hall–Kier alpha value is -4.36. The van der Waals surface area contributed by atoms with Gasteiger partial charge >= 0.3 is 6.18 Å². The molecule has 2 N–H and O–H groups in total. The average Bonchev–Trinajstić information content (AvgIpc) is 3.49. The first-order chi connectivity index (χ1) is 20.3. The smallest absolute Gasteiger partial charge is 0.406 e. The summed E-state index contributed by atoms with van der Waals surface area (Å²) in [6, 6.07) is 3.09. The van der Waals surface area contributed by atoms with Gasteiger partial charge in [-0.1, -0.05) is 6.07 Å². The van der Waals surface area contributed by atoms with Crippen LogP contribution in [0.1, 0.15) is 58.7 Å². The number of aryl methyl sites for hydroxylation is 1. The highest BCUT2D eigenvalue weighted by Gasteiger charge is 2.50. The van der Waals surface area contributed by atoms with E-state index in [-0.39, 0.29) is 18.1 Å². The van der Waals surface area contributed by atoms with E-state index in [1.807, 2.05) is 0 Å². The number of benzene rings is 1. The minimum absolute atomic E-state index is 0.197. The molecule has 0 saturated carbocycles. The van der Waals surface area contributed by atoms with Gasteiger partial charge in [-0.05, 0) is 56.0 Å². The lowest BCUT2D eigenvalue weighted by atomic mass is 9.70. The fourth-order valence-corrected chi connectivity index (χ4v) is 6.52. The standard InChI is InChI=1S/C29H24F6N4O4/c1-13-15(22-17(30)4-5-18(31)23(22)32)10-19(26(41)39(13)12-29(33,34)35)37-25(40)21-9-14-11-28(7-6-20(14)43-21)16-3-2-8-36-24(16)38-27(28)42/h2-5,8-9,13,15,19H,6-7,10-12H2,1H3,(H,37,40)(H,36,38,42)/t13-,15-,19+,28+/m1/s1. The fraction of sp³-hybridized carbons (Fsp3) is 0.379. The Bertz CT molecular complexity index is 1660. The number of aromatic nitrogens is 1. The van der Waals surface area contributed by atoms with Gasteiger partial charge < -0.3 is 20.0 Å². The number of carbonyl (C=O) groups excluding carboxylic acids is 3. The van der Waals surface area contributed by atoms with Crippen molar-refractivity contribution in [2.75, 3.05) is 11.9 Å². The highest BCUT2D eigenvalue weighted by molar-refractivity contribution is 6.05. The summed E-state index contributed by atoms with van der Waals surface area (Å²) in [6.07, 6.45) is -2.94. The summed E-state index contributed by atoms with van der Waals surface area (Å²) >= 11 is 0. The summed E-state index contributed by atoms with van der Waals surface area (Å²) in [6.45, 7) is -0.566. The molecule has 3 aromatic rings. The normalized spacial score (nSPS) is 25.0. The zero-order valence-electron chi connectivity index (χ0n) is 22.5. The van der Waals surface area contributed by atoms with Crippen molar-refractivity contribution in [2.24, 2.45) is 0 Å². The summed E-state index contributed by atoms with van der Waals surface area (Å²) in [7, 11) is 0. The van der Waals surface area contributed by atoms with Gasteiger partial charge in [-0.3, -0.25) is 14.4 Å². The Kier molecular flexibility index (Phi) is 6.77. The number of alkyl halides is 3. The van der Waals surface area contributed by atoms with Gasteiger partial charge in [0, 0.05) is 35.7 Å². The van der Waals surface area contributed by atoms with Gasteiger partial charge in [0.25, 0.3) is 5.91 Å².